The number of nitrogens with two attached hydrogens (primary N) is 1. The van der Waals surface area contributed by atoms with Crippen LogP contribution in [0.25, 0.3) is 0 Å². The molecule has 0 rings (SSSR count). The Hall–Kier alpha value is 0.470. The van der Waals surface area contributed by atoms with Gasteiger partial charge in [-0.1, -0.05) is 26.7 Å². The summed E-state index contributed by atoms with van der Waals surface area (Å²) in [5, 5.41) is 0. The Labute approximate surface area is 91.2 Å². The van der Waals surface area contributed by atoms with Gasteiger partial charge in [0.25, 0.3) is 0 Å². The van der Waals surface area contributed by atoms with Gasteiger partial charge >= 0.3 is 29.6 Å². The van der Waals surface area contributed by atoms with Gasteiger partial charge in [-0.3, -0.25) is 4.79 Å². The Morgan fingerprint density at radius 3 is 2.27 bits per heavy atom. The van der Waals surface area contributed by atoms with Crippen molar-refractivity contribution in [3.05, 3.63) is 0 Å². The van der Waals surface area contributed by atoms with Crippen molar-refractivity contribution in [3.8, 4) is 0 Å². The summed E-state index contributed by atoms with van der Waals surface area (Å²) in [6.45, 7) is 4.12. The van der Waals surface area contributed by atoms with Gasteiger partial charge in [0.05, 0.1) is 0 Å². The molecule has 3 heteroatoms. The standard InChI is InChI=1S/C8H17NO.Na.H/c1-3-5-6-7(4-2)8(9)10;;/h7H,3-6H2,1-2H3,(H2,9,10);;. The van der Waals surface area contributed by atoms with Gasteiger partial charge in [-0.15, -0.1) is 0 Å². The fourth-order valence-corrected chi connectivity index (χ4v) is 0.998. The van der Waals surface area contributed by atoms with Crippen molar-refractivity contribution in [3.63, 3.8) is 0 Å². The predicted octanol–water partition coefficient (Wildman–Crippen LogP) is 1.04. The molecule has 1 amide bonds. The number of rotatable bonds is 5. The van der Waals surface area contributed by atoms with Crippen molar-refractivity contribution in [2.45, 2.75) is 39.5 Å². The summed E-state index contributed by atoms with van der Waals surface area (Å²) < 4.78 is 0. The monoisotopic (exact) mass is 167 g/mol. The summed E-state index contributed by atoms with van der Waals surface area (Å²) in [6, 6.07) is 0. The van der Waals surface area contributed by atoms with Crippen LogP contribution >= 0.6 is 0 Å². The Kier molecular flexibility index (Phi) is 10.9. The molecule has 0 aromatic heterocycles. The minimum absolute atomic E-state index is 0. The zero-order valence-electron chi connectivity index (χ0n) is 6.89. The van der Waals surface area contributed by atoms with Crippen molar-refractivity contribution < 1.29 is 4.79 Å². The molecular formula is C8H18NNaO. The van der Waals surface area contributed by atoms with E-state index < -0.39 is 0 Å². The summed E-state index contributed by atoms with van der Waals surface area (Å²) in [4.78, 5) is 10.7. The van der Waals surface area contributed by atoms with Crippen LogP contribution in [0.2, 0.25) is 0 Å². The first-order chi connectivity index (χ1) is 4.72. The van der Waals surface area contributed by atoms with E-state index in [-0.39, 0.29) is 41.4 Å². The van der Waals surface area contributed by atoms with E-state index in [4.69, 9.17) is 5.73 Å². The molecule has 2 nitrogen and oxygen atoms in total. The minimum atomic E-state index is -0.143. The van der Waals surface area contributed by atoms with Gasteiger partial charge in [0, 0.05) is 5.92 Å². The number of carbonyl (C=O) groups is 1. The van der Waals surface area contributed by atoms with Crippen LogP contribution in [-0.2, 0) is 4.79 Å². The van der Waals surface area contributed by atoms with Crippen LogP contribution in [0, 0.1) is 5.92 Å². The number of unbranched alkanes of at least 4 members (excludes halogenated alkanes) is 1. The second kappa shape index (κ2) is 8.57. The van der Waals surface area contributed by atoms with Crippen molar-refractivity contribution >= 4 is 35.5 Å². The summed E-state index contributed by atoms with van der Waals surface area (Å²) >= 11 is 0. The third-order valence-electron chi connectivity index (χ3n) is 1.80. The average Bonchev–Trinajstić information content (AvgIpc) is 1.89. The first-order valence-electron chi connectivity index (χ1n) is 4.01. The fourth-order valence-electron chi connectivity index (χ4n) is 0.998. The molecule has 2 N–H and O–H groups in total. The van der Waals surface area contributed by atoms with E-state index in [2.05, 4.69) is 6.92 Å². The molecule has 1 atom stereocenters. The van der Waals surface area contributed by atoms with Gasteiger partial charge in [-0.2, -0.15) is 0 Å². The summed E-state index contributed by atoms with van der Waals surface area (Å²) in [5.74, 6) is -0.0316. The van der Waals surface area contributed by atoms with E-state index in [0.29, 0.717) is 0 Å². The maximum atomic E-state index is 10.7. The van der Waals surface area contributed by atoms with E-state index in [0.717, 1.165) is 25.7 Å². The molecule has 0 aliphatic rings. The zero-order valence-corrected chi connectivity index (χ0v) is 6.89. The number of carbonyl (C=O) groups excluding carboxylic acids is 1. The van der Waals surface area contributed by atoms with Gasteiger partial charge in [0.2, 0.25) is 5.91 Å². The van der Waals surface area contributed by atoms with Gasteiger partial charge in [-0.25, -0.2) is 0 Å². The molecule has 0 spiro atoms. The molecule has 0 saturated heterocycles. The SMILES string of the molecule is CCCCC(CC)C(N)=O.[NaH]. The number of hydrogen-bond donors (Lipinski definition) is 1. The van der Waals surface area contributed by atoms with Gasteiger partial charge < -0.3 is 5.73 Å². The molecule has 0 aromatic carbocycles. The van der Waals surface area contributed by atoms with Gasteiger partial charge in [-0.05, 0) is 12.8 Å². The molecule has 1 unspecified atom stereocenters. The van der Waals surface area contributed by atoms with Crippen LogP contribution in [0.1, 0.15) is 39.5 Å². The molecule has 0 heterocycles. The summed E-state index contributed by atoms with van der Waals surface area (Å²) in [5.41, 5.74) is 5.15. The Bertz CT molecular complexity index is 106. The summed E-state index contributed by atoms with van der Waals surface area (Å²) in [7, 11) is 0. The van der Waals surface area contributed by atoms with Gasteiger partial charge in [0.1, 0.15) is 0 Å². The Balaban J connectivity index is 0. The van der Waals surface area contributed by atoms with Crippen LogP contribution in [-0.4, -0.2) is 35.5 Å². The van der Waals surface area contributed by atoms with Crippen LogP contribution in [0.15, 0.2) is 0 Å². The maximum absolute atomic E-state index is 10.7. The van der Waals surface area contributed by atoms with E-state index in [9.17, 15) is 4.79 Å². The van der Waals surface area contributed by atoms with Crippen LogP contribution in [0.3, 0.4) is 0 Å². The topological polar surface area (TPSA) is 43.1 Å². The first-order valence-corrected chi connectivity index (χ1v) is 4.01. The van der Waals surface area contributed by atoms with Crippen molar-refractivity contribution in [2.24, 2.45) is 11.7 Å². The molecule has 0 aliphatic carbocycles. The Morgan fingerprint density at radius 1 is 1.45 bits per heavy atom. The molecule has 0 aromatic rings. The van der Waals surface area contributed by atoms with Crippen LogP contribution in [0.4, 0.5) is 0 Å². The quantitative estimate of drug-likeness (QED) is 0.611. The molecule has 0 fully saturated rings. The molecule has 0 saturated carbocycles. The first kappa shape index (κ1) is 14.0. The van der Waals surface area contributed by atoms with Crippen LogP contribution < -0.4 is 5.73 Å². The fraction of sp³-hybridized carbons (Fsp3) is 0.875. The molecule has 0 radical (unpaired) electrons. The van der Waals surface area contributed by atoms with Crippen molar-refractivity contribution in [1.82, 2.24) is 0 Å². The normalized spacial score (nSPS) is 11.8. The van der Waals surface area contributed by atoms with Gasteiger partial charge in [0.15, 0.2) is 0 Å². The Morgan fingerprint density at radius 2 is 2.00 bits per heavy atom. The van der Waals surface area contributed by atoms with Crippen molar-refractivity contribution in [2.75, 3.05) is 0 Å². The average molecular weight is 167 g/mol. The summed E-state index contributed by atoms with van der Waals surface area (Å²) in [6.07, 6.45) is 4.10. The zero-order chi connectivity index (χ0) is 7.98. The third kappa shape index (κ3) is 6.85. The molecule has 0 bridgehead atoms. The predicted molar refractivity (Wildman–Crippen MR) is 49.6 cm³/mol. The molecule has 62 valence electrons. The molecule has 0 aliphatic heterocycles. The van der Waals surface area contributed by atoms with E-state index in [1.54, 1.807) is 0 Å². The number of primary amides is 1. The van der Waals surface area contributed by atoms with E-state index in [1.807, 2.05) is 6.92 Å². The van der Waals surface area contributed by atoms with E-state index >= 15 is 0 Å². The second-order valence-electron chi connectivity index (χ2n) is 2.65. The second-order valence-corrected chi connectivity index (χ2v) is 2.65. The number of amides is 1. The van der Waals surface area contributed by atoms with E-state index in [1.165, 1.54) is 0 Å². The number of hydrogen-bond acceptors (Lipinski definition) is 1. The van der Waals surface area contributed by atoms with Crippen molar-refractivity contribution in [1.29, 1.82) is 0 Å². The van der Waals surface area contributed by atoms with Crippen LogP contribution in [0.5, 0.6) is 0 Å². The molecule has 11 heavy (non-hydrogen) atoms. The molecular weight excluding hydrogens is 149 g/mol. The third-order valence-corrected chi connectivity index (χ3v) is 1.80.